The number of nitrogens with zero attached hydrogens (tertiary/aromatic N) is 3. The summed E-state index contributed by atoms with van der Waals surface area (Å²) in [7, 11) is 0. The predicted octanol–water partition coefficient (Wildman–Crippen LogP) is 3.33. The minimum absolute atomic E-state index is 0.186. The van der Waals surface area contributed by atoms with Crippen molar-refractivity contribution in [3.8, 4) is 6.07 Å². The number of hydrogen-bond acceptors (Lipinski definition) is 3. The molecule has 1 unspecified atom stereocenters. The van der Waals surface area contributed by atoms with Gasteiger partial charge in [0.2, 0.25) is 0 Å². The Hall–Kier alpha value is -1.18. The van der Waals surface area contributed by atoms with Crippen LogP contribution in [0.25, 0.3) is 0 Å². The molecule has 18 heavy (non-hydrogen) atoms. The van der Waals surface area contributed by atoms with Gasteiger partial charge in [-0.3, -0.25) is 0 Å². The van der Waals surface area contributed by atoms with Crippen LogP contribution < -0.4 is 0 Å². The van der Waals surface area contributed by atoms with E-state index >= 15 is 0 Å². The molecule has 0 saturated carbocycles. The van der Waals surface area contributed by atoms with Gasteiger partial charge in [-0.1, -0.05) is 41.6 Å². The average Bonchev–Trinajstić information content (AvgIpc) is 2.84. The van der Waals surface area contributed by atoms with E-state index in [1.165, 1.54) is 0 Å². The van der Waals surface area contributed by atoms with Gasteiger partial charge in [-0.2, -0.15) is 5.26 Å². The molecule has 3 nitrogen and oxygen atoms in total. The molecule has 1 aliphatic rings. The Morgan fingerprint density at radius 1 is 1.56 bits per heavy atom. The second-order valence-electron chi connectivity index (χ2n) is 4.00. The Kier molecular flexibility index (Phi) is 4.51. The third-order valence-corrected chi connectivity index (χ3v) is 4.27. The number of rotatable bonds is 3. The molecule has 0 aromatic heterocycles. The van der Waals surface area contributed by atoms with Gasteiger partial charge in [0.25, 0.3) is 0 Å². The lowest BCUT2D eigenvalue weighted by Crippen LogP contribution is -2.28. The molecule has 2 rings (SSSR count). The lowest BCUT2D eigenvalue weighted by atomic mass is 10.1. The molecule has 1 heterocycles. The van der Waals surface area contributed by atoms with Crippen LogP contribution in [0.3, 0.4) is 0 Å². The van der Waals surface area contributed by atoms with E-state index in [1.54, 1.807) is 11.8 Å². The molecule has 1 atom stereocenters. The summed E-state index contributed by atoms with van der Waals surface area (Å²) in [6, 6.07) is 10.1. The maximum absolute atomic E-state index is 8.61. The summed E-state index contributed by atoms with van der Waals surface area (Å²) in [6.07, 6.45) is 0. The quantitative estimate of drug-likeness (QED) is 0.797. The van der Waals surface area contributed by atoms with Crippen molar-refractivity contribution >= 4 is 28.5 Å². The molecule has 0 spiro atoms. The Labute approximate surface area is 116 Å². The number of nitriles is 1. The minimum Gasteiger partial charge on any atom is -0.344 e. The molecule has 5 heteroatoms. The van der Waals surface area contributed by atoms with Crippen LogP contribution in [0.1, 0.15) is 18.5 Å². The molecule has 1 aromatic rings. The lowest BCUT2D eigenvalue weighted by Gasteiger charge is -2.26. The Bertz CT molecular complexity index is 495. The molecule has 1 fully saturated rings. The molecule has 1 aromatic carbocycles. The molecular formula is C13H14ClN3S. The van der Waals surface area contributed by atoms with Crippen molar-refractivity contribution < 1.29 is 0 Å². The van der Waals surface area contributed by atoms with Crippen molar-refractivity contribution in [1.82, 2.24) is 4.90 Å². The van der Waals surface area contributed by atoms with Crippen molar-refractivity contribution in [2.24, 2.45) is 4.99 Å². The molecule has 0 aliphatic carbocycles. The smallest absolute Gasteiger partial charge is 0.160 e. The van der Waals surface area contributed by atoms with E-state index in [0.29, 0.717) is 0 Å². The van der Waals surface area contributed by atoms with Gasteiger partial charge in [-0.25, -0.2) is 4.99 Å². The van der Waals surface area contributed by atoms with Gasteiger partial charge >= 0.3 is 0 Å². The maximum atomic E-state index is 8.61. The first-order valence-corrected chi connectivity index (χ1v) is 7.15. The fourth-order valence-electron chi connectivity index (χ4n) is 1.99. The highest BCUT2D eigenvalue weighted by molar-refractivity contribution is 8.14. The number of aliphatic imine (C=N–C) groups is 1. The van der Waals surface area contributed by atoms with E-state index < -0.39 is 0 Å². The number of halogens is 1. The van der Waals surface area contributed by atoms with Crippen LogP contribution in [0.5, 0.6) is 0 Å². The highest BCUT2D eigenvalue weighted by atomic mass is 35.5. The number of thioether (sulfide) groups is 1. The van der Waals surface area contributed by atoms with Crippen molar-refractivity contribution in [1.29, 1.82) is 5.26 Å². The Balaban J connectivity index is 2.21. The minimum atomic E-state index is 0.186. The van der Waals surface area contributed by atoms with Crippen molar-refractivity contribution in [3.63, 3.8) is 0 Å². The van der Waals surface area contributed by atoms with Gasteiger partial charge in [-0.05, 0) is 18.6 Å². The van der Waals surface area contributed by atoms with Crippen molar-refractivity contribution in [2.45, 2.75) is 13.0 Å². The van der Waals surface area contributed by atoms with E-state index in [4.69, 9.17) is 16.9 Å². The second kappa shape index (κ2) is 6.12. The summed E-state index contributed by atoms with van der Waals surface area (Å²) >= 11 is 7.92. The van der Waals surface area contributed by atoms with Gasteiger partial charge < -0.3 is 4.90 Å². The highest BCUT2D eigenvalue weighted by Crippen LogP contribution is 2.32. The topological polar surface area (TPSA) is 39.4 Å². The van der Waals surface area contributed by atoms with Crippen LogP contribution in [0, 0.1) is 11.3 Å². The van der Waals surface area contributed by atoms with Crippen LogP contribution in [0.2, 0.25) is 5.02 Å². The Morgan fingerprint density at radius 3 is 3.06 bits per heavy atom. The van der Waals surface area contributed by atoms with E-state index in [0.717, 1.165) is 28.1 Å². The molecule has 0 N–H and O–H groups in total. The van der Waals surface area contributed by atoms with E-state index in [1.807, 2.05) is 24.3 Å². The number of amidine groups is 1. The number of benzene rings is 1. The Morgan fingerprint density at radius 2 is 2.33 bits per heavy atom. The summed E-state index contributed by atoms with van der Waals surface area (Å²) < 4.78 is 0. The SMILES string of the molecule is CC(c1ccccc1Cl)N1CCSC1=NCC#N. The average molecular weight is 280 g/mol. The molecule has 1 aliphatic heterocycles. The third-order valence-electron chi connectivity index (χ3n) is 2.92. The van der Waals surface area contributed by atoms with Crippen molar-refractivity contribution in [2.75, 3.05) is 18.8 Å². The second-order valence-corrected chi connectivity index (χ2v) is 5.47. The van der Waals surface area contributed by atoms with Gasteiger partial charge in [0, 0.05) is 17.3 Å². The predicted molar refractivity (Wildman–Crippen MR) is 76.9 cm³/mol. The number of hydrogen-bond donors (Lipinski definition) is 0. The largest absolute Gasteiger partial charge is 0.344 e. The normalized spacial score (nSPS) is 18.9. The fraction of sp³-hybridized carbons (Fsp3) is 0.385. The van der Waals surface area contributed by atoms with Gasteiger partial charge in [-0.15, -0.1) is 0 Å². The zero-order valence-corrected chi connectivity index (χ0v) is 11.7. The van der Waals surface area contributed by atoms with Crippen LogP contribution in [-0.4, -0.2) is 28.9 Å². The van der Waals surface area contributed by atoms with Crippen LogP contribution in [-0.2, 0) is 0 Å². The zero-order valence-electron chi connectivity index (χ0n) is 10.1. The maximum Gasteiger partial charge on any atom is 0.160 e. The molecule has 0 bridgehead atoms. The molecule has 1 saturated heterocycles. The van der Waals surface area contributed by atoms with Crippen molar-refractivity contribution in [3.05, 3.63) is 34.9 Å². The summed E-state index contributed by atoms with van der Waals surface area (Å²) in [6.45, 7) is 3.28. The highest BCUT2D eigenvalue weighted by Gasteiger charge is 2.26. The summed E-state index contributed by atoms with van der Waals surface area (Å²) in [5, 5.41) is 10.3. The van der Waals surface area contributed by atoms with E-state index in [2.05, 4.69) is 22.9 Å². The first kappa shape index (κ1) is 13.3. The third kappa shape index (κ3) is 2.80. The molecule has 0 radical (unpaired) electrons. The molecule has 0 amide bonds. The zero-order chi connectivity index (χ0) is 13.0. The summed E-state index contributed by atoms with van der Waals surface area (Å²) in [5.41, 5.74) is 1.10. The molecular weight excluding hydrogens is 266 g/mol. The lowest BCUT2D eigenvalue weighted by molar-refractivity contribution is 0.369. The monoisotopic (exact) mass is 279 g/mol. The molecule has 94 valence electrons. The van der Waals surface area contributed by atoms with Gasteiger partial charge in [0.1, 0.15) is 6.54 Å². The van der Waals surface area contributed by atoms with Gasteiger partial charge in [0.05, 0.1) is 12.1 Å². The van der Waals surface area contributed by atoms with E-state index in [9.17, 15) is 0 Å². The van der Waals surface area contributed by atoms with E-state index in [-0.39, 0.29) is 12.6 Å². The first-order valence-electron chi connectivity index (χ1n) is 5.79. The first-order chi connectivity index (χ1) is 8.74. The fourth-order valence-corrected chi connectivity index (χ4v) is 3.33. The van der Waals surface area contributed by atoms with Gasteiger partial charge in [0.15, 0.2) is 5.17 Å². The van der Waals surface area contributed by atoms with Crippen LogP contribution >= 0.6 is 23.4 Å². The van der Waals surface area contributed by atoms with Crippen LogP contribution in [0.4, 0.5) is 0 Å². The standard InChI is InChI=1S/C13H14ClN3S/c1-10(11-4-2-3-5-12(11)14)17-8-9-18-13(17)16-7-6-15/h2-5,10H,7-9H2,1H3. The summed E-state index contributed by atoms with van der Waals surface area (Å²) in [4.78, 5) is 6.51. The summed E-state index contributed by atoms with van der Waals surface area (Å²) in [5.74, 6) is 1.01. The van der Waals surface area contributed by atoms with Crippen LogP contribution in [0.15, 0.2) is 29.3 Å².